The van der Waals surface area contributed by atoms with Gasteiger partial charge < -0.3 is 10.1 Å². The van der Waals surface area contributed by atoms with Crippen LogP contribution in [0.3, 0.4) is 0 Å². The normalized spacial score (nSPS) is 20.1. The van der Waals surface area contributed by atoms with Crippen molar-refractivity contribution in [2.75, 3.05) is 13.2 Å². The average Bonchev–Trinajstić information content (AvgIpc) is 2.72. The third-order valence-electron chi connectivity index (χ3n) is 3.00. The molecule has 0 saturated carbocycles. The molecular weight excluding hydrogens is 218 g/mol. The van der Waals surface area contributed by atoms with Crippen molar-refractivity contribution in [3.63, 3.8) is 0 Å². The molecule has 0 bridgehead atoms. The fourth-order valence-electron chi connectivity index (χ4n) is 2.23. The lowest BCUT2D eigenvalue weighted by atomic mass is 9.94. The summed E-state index contributed by atoms with van der Waals surface area (Å²) in [5.74, 6) is 0. The van der Waals surface area contributed by atoms with E-state index in [1.54, 1.807) is 4.88 Å². The number of hydrogen-bond acceptors (Lipinski definition) is 3. The predicted molar refractivity (Wildman–Crippen MR) is 69.1 cm³/mol. The van der Waals surface area contributed by atoms with Gasteiger partial charge in [-0.15, -0.1) is 11.3 Å². The van der Waals surface area contributed by atoms with Crippen LogP contribution in [0.1, 0.15) is 43.2 Å². The van der Waals surface area contributed by atoms with Gasteiger partial charge in [-0.3, -0.25) is 0 Å². The molecule has 1 heterocycles. The zero-order valence-corrected chi connectivity index (χ0v) is 11.0. The van der Waals surface area contributed by atoms with Crippen LogP contribution in [-0.4, -0.2) is 19.3 Å². The fourth-order valence-corrected chi connectivity index (χ4v) is 3.21. The van der Waals surface area contributed by atoms with Crippen LogP contribution in [0.15, 0.2) is 11.4 Å². The Balaban J connectivity index is 1.79. The SMILES string of the molecule is CC(C)OCCNC1CCCc2sccc21. The van der Waals surface area contributed by atoms with Crippen LogP contribution in [0.25, 0.3) is 0 Å². The van der Waals surface area contributed by atoms with E-state index in [0.717, 1.165) is 13.2 Å². The lowest BCUT2D eigenvalue weighted by molar-refractivity contribution is 0.0790. The second kappa shape index (κ2) is 5.80. The zero-order valence-electron chi connectivity index (χ0n) is 10.2. The molecule has 0 aromatic carbocycles. The first-order chi connectivity index (χ1) is 7.77. The maximum atomic E-state index is 5.54. The molecule has 2 nitrogen and oxygen atoms in total. The van der Waals surface area contributed by atoms with Gasteiger partial charge in [0.05, 0.1) is 12.7 Å². The van der Waals surface area contributed by atoms with E-state index in [1.165, 1.54) is 24.8 Å². The number of rotatable bonds is 5. The first-order valence-corrected chi connectivity index (χ1v) is 7.06. The van der Waals surface area contributed by atoms with E-state index in [1.807, 2.05) is 11.3 Å². The van der Waals surface area contributed by atoms with Gasteiger partial charge in [-0.05, 0) is 50.1 Å². The Hall–Kier alpha value is -0.380. The van der Waals surface area contributed by atoms with Gasteiger partial charge in [-0.1, -0.05) is 0 Å². The van der Waals surface area contributed by atoms with Gasteiger partial charge in [0.15, 0.2) is 0 Å². The molecule has 1 N–H and O–H groups in total. The molecule has 16 heavy (non-hydrogen) atoms. The molecule has 1 aromatic heterocycles. The van der Waals surface area contributed by atoms with Crippen molar-refractivity contribution in [2.45, 2.75) is 45.3 Å². The minimum absolute atomic E-state index is 0.338. The second-order valence-corrected chi connectivity index (χ2v) is 5.62. The lowest BCUT2D eigenvalue weighted by Gasteiger charge is -2.24. The van der Waals surface area contributed by atoms with E-state index >= 15 is 0 Å². The molecular formula is C13H21NOS. The van der Waals surface area contributed by atoms with Crippen molar-refractivity contribution in [1.29, 1.82) is 0 Å². The Morgan fingerprint density at radius 3 is 3.25 bits per heavy atom. The summed E-state index contributed by atoms with van der Waals surface area (Å²) in [5.41, 5.74) is 1.53. The van der Waals surface area contributed by atoms with Crippen molar-refractivity contribution in [2.24, 2.45) is 0 Å². The first kappa shape index (κ1) is 12.1. The van der Waals surface area contributed by atoms with Crippen molar-refractivity contribution in [3.8, 4) is 0 Å². The van der Waals surface area contributed by atoms with Crippen LogP contribution >= 0.6 is 11.3 Å². The molecule has 1 aromatic rings. The number of ether oxygens (including phenoxy) is 1. The largest absolute Gasteiger partial charge is 0.377 e. The minimum Gasteiger partial charge on any atom is -0.377 e. The van der Waals surface area contributed by atoms with E-state index in [2.05, 4.69) is 30.6 Å². The predicted octanol–water partition coefficient (Wildman–Crippen LogP) is 3.14. The fraction of sp³-hybridized carbons (Fsp3) is 0.692. The van der Waals surface area contributed by atoms with Gasteiger partial charge >= 0.3 is 0 Å². The third kappa shape index (κ3) is 3.06. The smallest absolute Gasteiger partial charge is 0.0594 e. The summed E-state index contributed by atoms with van der Waals surface area (Å²) in [5, 5.41) is 5.82. The van der Waals surface area contributed by atoms with Crippen LogP contribution < -0.4 is 5.32 Å². The van der Waals surface area contributed by atoms with Gasteiger partial charge in [0.1, 0.15) is 0 Å². The molecule has 0 radical (unpaired) electrons. The molecule has 0 saturated heterocycles. The molecule has 0 amide bonds. The molecule has 2 rings (SSSR count). The quantitative estimate of drug-likeness (QED) is 0.797. The topological polar surface area (TPSA) is 21.3 Å². The van der Waals surface area contributed by atoms with Crippen molar-refractivity contribution < 1.29 is 4.74 Å². The summed E-state index contributed by atoms with van der Waals surface area (Å²) in [6.07, 6.45) is 4.19. The maximum absolute atomic E-state index is 5.54. The highest BCUT2D eigenvalue weighted by Gasteiger charge is 2.20. The molecule has 1 aliphatic carbocycles. The molecule has 0 spiro atoms. The number of nitrogens with one attached hydrogen (secondary N) is 1. The summed E-state index contributed by atoms with van der Waals surface area (Å²) in [6.45, 7) is 5.93. The van der Waals surface area contributed by atoms with Gasteiger partial charge in [0, 0.05) is 17.5 Å². The van der Waals surface area contributed by atoms with Gasteiger partial charge in [-0.2, -0.15) is 0 Å². The summed E-state index contributed by atoms with van der Waals surface area (Å²) < 4.78 is 5.54. The van der Waals surface area contributed by atoms with Crippen LogP contribution in [-0.2, 0) is 11.2 Å². The van der Waals surface area contributed by atoms with E-state index < -0.39 is 0 Å². The van der Waals surface area contributed by atoms with E-state index in [0.29, 0.717) is 12.1 Å². The molecule has 1 atom stereocenters. The standard InChI is InChI=1S/C13H21NOS/c1-10(2)15-8-7-14-12-4-3-5-13-11(12)6-9-16-13/h6,9-10,12,14H,3-5,7-8H2,1-2H3. The van der Waals surface area contributed by atoms with Gasteiger partial charge in [-0.25, -0.2) is 0 Å². The molecule has 0 fully saturated rings. The van der Waals surface area contributed by atoms with Crippen LogP contribution in [0, 0.1) is 0 Å². The van der Waals surface area contributed by atoms with E-state index in [4.69, 9.17) is 4.74 Å². The van der Waals surface area contributed by atoms with Crippen molar-refractivity contribution in [3.05, 3.63) is 21.9 Å². The van der Waals surface area contributed by atoms with Crippen molar-refractivity contribution >= 4 is 11.3 Å². The second-order valence-electron chi connectivity index (χ2n) is 4.62. The molecule has 90 valence electrons. The number of thiophene rings is 1. The summed E-state index contributed by atoms with van der Waals surface area (Å²) in [7, 11) is 0. The highest BCUT2D eigenvalue weighted by atomic mass is 32.1. The number of aryl methyl sites for hydroxylation is 1. The van der Waals surface area contributed by atoms with Gasteiger partial charge in [0.2, 0.25) is 0 Å². The lowest BCUT2D eigenvalue weighted by Crippen LogP contribution is -2.28. The summed E-state index contributed by atoms with van der Waals surface area (Å²) in [4.78, 5) is 1.58. The summed E-state index contributed by atoms with van der Waals surface area (Å²) in [6, 6.07) is 2.84. The Labute approximate surface area is 102 Å². The zero-order chi connectivity index (χ0) is 11.4. The molecule has 1 aliphatic rings. The van der Waals surface area contributed by atoms with E-state index in [9.17, 15) is 0 Å². The number of hydrogen-bond donors (Lipinski definition) is 1. The van der Waals surface area contributed by atoms with Crippen LogP contribution in [0.5, 0.6) is 0 Å². The van der Waals surface area contributed by atoms with Gasteiger partial charge in [0.25, 0.3) is 0 Å². The average molecular weight is 239 g/mol. The first-order valence-electron chi connectivity index (χ1n) is 6.18. The molecule has 3 heteroatoms. The Bertz CT molecular complexity index is 321. The highest BCUT2D eigenvalue weighted by molar-refractivity contribution is 7.10. The maximum Gasteiger partial charge on any atom is 0.0594 e. The minimum atomic E-state index is 0.338. The summed E-state index contributed by atoms with van der Waals surface area (Å²) >= 11 is 1.90. The molecule has 0 aliphatic heterocycles. The van der Waals surface area contributed by atoms with Crippen LogP contribution in [0.4, 0.5) is 0 Å². The Kier molecular flexibility index (Phi) is 4.38. The van der Waals surface area contributed by atoms with Crippen LogP contribution in [0.2, 0.25) is 0 Å². The van der Waals surface area contributed by atoms with E-state index in [-0.39, 0.29) is 0 Å². The van der Waals surface area contributed by atoms with Crippen molar-refractivity contribution in [1.82, 2.24) is 5.32 Å². The Morgan fingerprint density at radius 1 is 1.56 bits per heavy atom. The Morgan fingerprint density at radius 2 is 2.44 bits per heavy atom. The third-order valence-corrected chi connectivity index (χ3v) is 3.99. The molecule has 1 unspecified atom stereocenters. The highest BCUT2D eigenvalue weighted by Crippen LogP contribution is 2.32. The monoisotopic (exact) mass is 239 g/mol. The number of fused-ring (bicyclic) bond motifs is 1.